The monoisotopic (exact) mass is 598 g/mol. The quantitative estimate of drug-likeness (QED) is 0.242. The number of carboxylic acids is 1. The van der Waals surface area contributed by atoms with Crippen molar-refractivity contribution >= 4 is 28.2 Å². The van der Waals surface area contributed by atoms with E-state index in [1.807, 2.05) is 25.1 Å². The molecular formula is C29H32F2N6O4S. The molecule has 2 aliphatic rings. The van der Waals surface area contributed by atoms with Crippen molar-refractivity contribution in [2.45, 2.75) is 62.9 Å². The smallest absolute Gasteiger partial charge is 0.304 e. The highest BCUT2D eigenvalue weighted by atomic mass is 32.3. The van der Waals surface area contributed by atoms with Crippen molar-refractivity contribution in [3.63, 3.8) is 0 Å². The van der Waals surface area contributed by atoms with Crippen LogP contribution in [0, 0.1) is 13.8 Å². The SMILES string of the molecule is Cc1ccc(C(CC(=O)O)c2ccn3c(C(F)F)nnc3c2C)cc1CN1C[C@H]2CCCN2c2ncccc2S1(O)O. The number of fused-ring (bicyclic) bond motifs is 4. The number of hydrogen-bond acceptors (Lipinski definition) is 8. The second-order valence-electron chi connectivity index (χ2n) is 10.9. The molecule has 1 unspecified atom stereocenters. The molecule has 13 heteroatoms. The normalized spacial score (nSPS) is 19.9. The highest BCUT2D eigenvalue weighted by molar-refractivity contribution is 8.22. The van der Waals surface area contributed by atoms with Gasteiger partial charge in [-0.25, -0.2) is 13.8 Å². The van der Waals surface area contributed by atoms with Gasteiger partial charge in [0.15, 0.2) is 11.5 Å². The van der Waals surface area contributed by atoms with E-state index >= 15 is 0 Å². The summed E-state index contributed by atoms with van der Waals surface area (Å²) < 4.78 is 53.0. The molecule has 3 aromatic heterocycles. The molecule has 2 aliphatic heterocycles. The van der Waals surface area contributed by atoms with Crippen LogP contribution < -0.4 is 4.90 Å². The first kappa shape index (κ1) is 28.5. The van der Waals surface area contributed by atoms with E-state index in [4.69, 9.17) is 0 Å². The summed E-state index contributed by atoms with van der Waals surface area (Å²) in [6, 6.07) is 10.9. The molecule has 5 heterocycles. The van der Waals surface area contributed by atoms with Crippen LogP contribution in [0.5, 0.6) is 0 Å². The number of carbonyl (C=O) groups is 1. The van der Waals surface area contributed by atoms with Crippen molar-refractivity contribution in [3.05, 3.63) is 82.4 Å². The Hall–Kier alpha value is -3.65. The van der Waals surface area contributed by atoms with E-state index in [0.717, 1.165) is 36.1 Å². The van der Waals surface area contributed by atoms with Crippen LogP contribution in [0.25, 0.3) is 5.65 Å². The van der Waals surface area contributed by atoms with Gasteiger partial charge in [-0.3, -0.25) is 18.3 Å². The predicted molar refractivity (Wildman–Crippen MR) is 154 cm³/mol. The number of aryl methyl sites for hydroxylation is 2. The lowest BCUT2D eigenvalue weighted by Crippen LogP contribution is -2.38. The number of hydrogen-bond donors (Lipinski definition) is 3. The van der Waals surface area contributed by atoms with Crippen LogP contribution in [-0.4, -0.2) is 63.2 Å². The summed E-state index contributed by atoms with van der Waals surface area (Å²) in [5.41, 5.74) is 3.94. The van der Waals surface area contributed by atoms with Gasteiger partial charge in [0.2, 0.25) is 5.82 Å². The lowest BCUT2D eigenvalue weighted by Gasteiger charge is -2.42. The molecule has 0 aliphatic carbocycles. The molecular weight excluding hydrogens is 566 g/mol. The van der Waals surface area contributed by atoms with Crippen molar-refractivity contribution < 1.29 is 27.8 Å². The molecule has 1 saturated heterocycles. The highest BCUT2D eigenvalue weighted by Crippen LogP contribution is 2.58. The summed E-state index contributed by atoms with van der Waals surface area (Å²) in [7, 11) is -3.36. The number of anilines is 1. The van der Waals surface area contributed by atoms with Gasteiger partial charge in [-0.15, -0.1) is 21.0 Å². The van der Waals surface area contributed by atoms with Gasteiger partial charge in [-0.1, -0.05) is 18.2 Å². The van der Waals surface area contributed by atoms with Crippen LogP contribution in [0.15, 0.2) is 53.7 Å². The van der Waals surface area contributed by atoms with Crippen molar-refractivity contribution in [1.82, 2.24) is 23.9 Å². The number of aromatic nitrogens is 4. The topological polar surface area (TPSA) is 127 Å². The predicted octanol–water partition coefficient (Wildman–Crippen LogP) is 5.79. The summed E-state index contributed by atoms with van der Waals surface area (Å²) in [5, 5.41) is 17.4. The van der Waals surface area contributed by atoms with Gasteiger partial charge in [0.05, 0.1) is 6.42 Å². The number of pyridine rings is 2. The number of rotatable bonds is 7. The van der Waals surface area contributed by atoms with Crippen LogP contribution in [-0.2, 0) is 11.3 Å². The van der Waals surface area contributed by atoms with Crippen LogP contribution in [0.3, 0.4) is 0 Å². The molecule has 4 aromatic rings. The van der Waals surface area contributed by atoms with Gasteiger partial charge >= 0.3 is 5.97 Å². The molecule has 222 valence electrons. The maximum Gasteiger partial charge on any atom is 0.304 e. The van der Waals surface area contributed by atoms with Gasteiger partial charge in [-0.05, 0) is 72.7 Å². The minimum atomic E-state index is -3.36. The molecule has 1 fully saturated rings. The van der Waals surface area contributed by atoms with E-state index in [-0.39, 0.29) is 24.7 Å². The first-order valence-corrected chi connectivity index (χ1v) is 15.2. The molecule has 0 bridgehead atoms. The molecule has 0 radical (unpaired) electrons. The van der Waals surface area contributed by atoms with Crippen LogP contribution >= 0.6 is 10.8 Å². The zero-order chi connectivity index (χ0) is 29.8. The van der Waals surface area contributed by atoms with Crippen molar-refractivity contribution in [2.75, 3.05) is 18.0 Å². The first-order valence-electron chi connectivity index (χ1n) is 13.7. The molecule has 0 amide bonds. The summed E-state index contributed by atoms with van der Waals surface area (Å²) in [6.07, 6.45) is 2.00. The zero-order valence-corrected chi connectivity index (χ0v) is 24.0. The maximum atomic E-state index is 13.4. The number of carboxylic acid groups (broad SMARTS) is 1. The minimum Gasteiger partial charge on any atom is -0.481 e. The Morgan fingerprint density at radius 1 is 1.17 bits per heavy atom. The van der Waals surface area contributed by atoms with Crippen LogP contribution in [0.2, 0.25) is 0 Å². The third-order valence-electron chi connectivity index (χ3n) is 8.43. The van der Waals surface area contributed by atoms with Gasteiger partial charge in [-0.2, -0.15) is 4.31 Å². The molecule has 42 heavy (non-hydrogen) atoms. The highest BCUT2D eigenvalue weighted by Gasteiger charge is 2.40. The average molecular weight is 599 g/mol. The number of nitrogens with zero attached hydrogens (tertiary/aromatic N) is 6. The Morgan fingerprint density at radius 3 is 2.74 bits per heavy atom. The van der Waals surface area contributed by atoms with Crippen molar-refractivity contribution in [3.8, 4) is 0 Å². The summed E-state index contributed by atoms with van der Waals surface area (Å²) in [4.78, 5) is 19.1. The zero-order valence-electron chi connectivity index (χ0n) is 23.2. The van der Waals surface area contributed by atoms with E-state index in [9.17, 15) is 27.8 Å². The third kappa shape index (κ3) is 4.89. The Bertz CT molecular complexity index is 1660. The Morgan fingerprint density at radius 2 is 1.98 bits per heavy atom. The number of aliphatic carboxylic acids is 1. The lowest BCUT2D eigenvalue weighted by atomic mass is 9.85. The Kier molecular flexibility index (Phi) is 7.37. The van der Waals surface area contributed by atoms with Crippen LogP contribution in [0.1, 0.15) is 65.2 Å². The second-order valence-corrected chi connectivity index (χ2v) is 12.9. The Labute approximate surface area is 243 Å². The van der Waals surface area contributed by atoms with E-state index in [1.54, 1.807) is 35.6 Å². The average Bonchev–Trinajstić information content (AvgIpc) is 3.59. The largest absolute Gasteiger partial charge is 0.481 e. The van der Waals surface area contributed by atoms with Gasteiger partial charge in [0.25, 0.3) is 6.43 Å². The summed E-state index contributed by atoms with van der Waals surface area (Å²) in [6.45, 7) is 5.14. The molecule has 6 rings (SSSR count). The molecule has 0 saturated carbocycles. The van der Waals surface area contributed by atoms with Gasteiger partial charge < -0.3 is 10.0 Å². The molecule has 1 aromatic carbocycles. The number of alkyl halides is 2. The first-order chi connectivity index (χ1) is 20.1. The van der Waals surface area contributed by atoms with Crippen LogP contribution in [0.4, 0.5) is 14.6 Å². The third-order valence-corrected chi connectivity index (χ3v) is 10.3. The van der Waals surface area contributed by atoms with Crippen molar-refractivity contribution in [2.24, 2.45) is 0 Å². The lowest BCUT2D eigenvalue weighted by molar-refractivity contribution is -0.137. The molecule has 3 N–H and O–H groups in total. The second kappa shape index (κ2) is 10.9. The number of benzene rings is 1. The Balaban J connectivity index is 1.39. The van der Waals surface area contributed by atoms with Crippen molar-refractivity contribution in [1.29, 1.82) is 0 Å². The van der Waals surface area contributed by atoms with E-state index in [0.29, 0.717) is 28.4 Å². The van der Waals surface area contributed by atoms with E-state index in [1.165, 1.54) is 10.6 Å². The summed E-state index contributed by atoms with van der Waals surface area (Å²) in [5.74, 6) is -1.47. The molecule has 10 nitrogen and oxygen atoms in total. The van der Waals surface area contributed by atoms with Gasteiger partial charge in [0, 0.05) is 44.0 Å². The molecule has 0 spiro atoms. The van der Waals surface area contributed by atoms with Gasteiger partial charge in [0.1, 0.15) is 4.90 Å². The fourth-order valence-electron chi connectivity index (χ4n) is 6.24. The fourth-order valence-corrected chi connectivity index (χ4v) is 7.89. The fraction of sp³-hybridized carbons (Fsp3) is 0.379. The van der Waals surface area contributed by atoms with E-state index < -0.39 is 34.9 Å². The number of halogens is 2. The minimum absolute atomic E-state index is 0.0891. The molecule has 2 atom stereocenters. The maximum absolute atomic E-state index is 13.4. The summed E-state index contributed by atoms with van der Waals surface area (Å²) >= 11 is 0. The van der Waals surface area contributed by atoms with E-state index in [2.05, 4.69) is 20.1 Å². The standard InChI is InChI=1S/C29H32F2N6O4S/c1-17-7-8-19(23(14-25(38)39)22-9-12-37-27(18(22)2)33-34-29(37)26(30)31)13-20(17)15-35-16-21-5-4-11-36(21)28-24(42(35,40)41)6-3-10-32-28/h3,6-10,12-13,21,23,26,40-41H,4-5,11,14-16H2,1-2H3,(H,38,39)/t21-,23?/m1/s1.